The molecule has 3 N–H and O–H groups in total. The number of nitrogens with two attached hydrogens (primary N) is 1. The molecule has 0 radical (unpaired) electrons. The molecule has 0 saturated heterocycles. The molecule has 2 aromatic rings. The van der Waals surface area contributed by atoms with E-state index in [-0.39, 0.29) is 0 Å². The van der Waals surface area contributed by atoms with Gasteiger partial charge in [-0.15, -0.1) is 0 Å². The highest BCUT2D eigenvalue weighted by Crippen LogP contribution is 2.17. The van der Waals surface area contributed by atoms with Crippen molar-refractivity contribution in [1.29, 1.82) is 5.26 Å². The standard InChI is InChI=1S/C10H9N3/c11-6-9(12)7-1-2-10-8(5-7)3-4-13-10/h1-5,9,13H,12H2. The van der Waals surface area contributed by atoms with Crippen molar-refractivity contribution < 1.29 is 0 Å². The largest absolute Gasteiger partial charge is 0.361 e. The Morgan fingerprint density at radius 2 is 2.23 bits per heavy atom. The normalized spacial score (nSPS) is 12.6. The van der Waals surface area contributed by atoms with E-state index in [1.807, 2.05) is 36.5 Å². The molecule has 3 heteroatoms. The number of hydrogen-bond acceptors (Lipinski definition) is 2. The Morgan fingerprint density at radius 3 is 3.00 bits per heavy atom. The van der Waals surface area contributed by atoms with Gasteiger partial charge in [0.2, 0.25) is 0 Å². The Bertz CT molecular complexity index is 464. The van der Waals surface area contributed by atoms with Crippen molar-refractivity contribution in [3.63, 3.8) is 0 Å². The molecule has 2 rings (SSSR count). The van der Waals surface area contributed by atoms with Crippen LogP contribution in [0.15, 0.2) is 30.5 Å². The first-order valence-corrected chi connectivity index (χ1v) is 4.03. The van der Waals surface area contributed by atoms with Crippen molar-refractivity contribution in [2.45, 2.75) is 6.04 Å². The summed E-state index contributed by atoms with van der Waals surface area (Å²) in [5, 5.41) is 9.71. The summed E-state index contributed by atoms with van der Waals surface area (Å²) < 4.78 is 0. The predicted octanol–water partition coefficient (Wildman–Crippen LogP) is 1.69. The van der Waals surface area contributed by atoms with Gasteiger partial charge in [-0.25, -0.2) is 0 Å². The van der Waals surface area contributed by atoms with E-state index in [2.05, 4.69) is 4.98 Å². The highest BCUT2D eigenvalue weighted by Gasteiger charge is 2.04. The zero-order valence-electron chi connectivity index (χ0n) is 6.99. The first-order chi connectivity index (χ1) is 6.31. The van der Waals surface area contributed by atoms with Crippen LogP contribution in [0.5, 0.6) is 0 Å². The van der Waals surface area contributed by atoms with E-state index in [4.69, 9.17) is 11.0 Å². The average Bonchev–Trinajstić information content (AvgIpc) is 2.63. The van der Waals surface area contributed by atoms with Gasteiger partial charge in [0.25, 0.3) is 0 Å². The number of H-pyrrole nitrogens is 1. The van der Waals surface area contributed by atoms with Crippen LogP contribution in [0.3, 0.4) is 0 Å². The maximum absolute atomic E-state index is 8.63. The van der Waals surface area contributed by atoms with Crippen molar-refractivity contribution in [2.75, 3.05) is 0 Å². The van der Waals surface area contributed by atoms with E-state index in [0.717, 1.165) is 16.5 Å². The summed E-state index contributed by atoms with van der Waals surface area (Å²) in [6.07, 6.45) is 1.87. The lowest BCUT2D eigenvalue weighted by Crippen LogP contribution is -2.06. The van der Waals surface area contributed by atoms with Gasteiger partial charge < -0.3 is 10.7 Å². The number of hydrogen-bond donors (Lipinski definition) is 2. The average molecular weight is 171 g/mol. The maximum Gasteiger partial charge on any atom is 0.118 e. The number of nitriles is 1. The third-order valence-corrected chi connectivity index (χ3v) is 2.08. The van der Waals surface area contributed by atoms with Crippen LogP contribution in [-0.4, -0.2) is 4.98 Å². The lowest BCUT2D eigenvalue weighted by molar-refractivity contribution is 0.929. The number of aromatic amines is 1. The number of nitrogens with one attached hydrogen (secondary N) is 1. The molecule has 13 heavy (non-hydrogen) atoms. The van der Waals surface area contributed by atoms with Crippen LogP contribution < -0.4 is 5.73 Å². The van der Waals surface area contributed by atoms with Crippen LogP contribution in [0.4, 0.5) is 0 Å². The first-order valence-electron chi connectivity index (χ1n) is 4.03. The molecule has 64 valence electrons. The van der Waals surface area contributed by atoms with Gasteiger partial charge in [-0.3, -0.25) is 0 Å². The van der Waals surface area contributed by atoms with Crippen LogP contribution in [0.25, 0.3) is 10.9 Å². The third-order valence-electron chi connectivity index (χ3n) is 2.08. The fourth-order valence-corrected chi connectivity index (χ4v) is 1.34. The monoisotopic (exact) mass is 171 g/mol. The lowest BCUT2D eigenvalue weighted by atomic mass is 10.1. The summed E-state index contributed by atoms with van der Waals surface area (Å²) in [5.41, 5.74) is 7.50. The smallest absolute Gasteiger partial charge is 0.118 e. The zero-order valence-corrected chi connectivity index (χ0v) is 6.99. The Labute approximate surface area is 75.8 Å². The van der Waals surface area contributed by atoms with Crippen molar-refractivity contribution in [3.8, 4) is 6.07 Å². The molecule has 3 nitrogen and oxygen atoms in total. The molecule has 0 aliphatic carbocycles. The molecule has 0 spiro atoms. The SMILES string of the molecule is N#CC(N)c1ccc2[nH]ccc2c1. The minimum atomic E-state index is -0.528. The van der Waals surface area contributed by atoms with E-state index in [1.54, 1.807) is 0 Å². The molecule has 1 aromatic carbocycles. The molecule has 0 aliphatic heterocycles. The van der Waals surface area contributed by atoms with Gasteiger partial charge in [0.1, 0.15) is 6.04 Å². The maximum atomic E-state index is 8.63. The van der Waals surface area contributed by atoms with Gasteiger partial charge >= 0.3 is 0 Å². The second-order valence-corrected chi connectivity index (χ2v) is 2.93. The number of benzene rings is 1. The second kappa shape index (κ2) is 2.92. The highest BCUT2D eigenvalue weighted by molar-refractivity contribution is 5.80. The van der Waals surface area contributed by atoms with Gasteiger partial charge in [0, 0.05) is 11.7 Å². The fraction of sp³-hybridized carbons (Fsp3) is 0.100. The van der Waals surface area contributed by atoms with Gasteiger partial charge in [0.15, 0.2) is 0 Å². The van der Waals surface area contributed by atoms with Gasteiger partial charge in [-0.2, -0.15) is 5.26 Å². The van der Waals surface area contributed by atoms with Gasteiger partial charge in [-0.05, 0) is 29.1 Å². The topological polar surface area (TPSA) is 65.6 Å². The molecule has 0 saturated carbocycles. The minimum absolute atomic E-state index is 0.528. The number of fused-ring (bicyclic) bond motifs is 1. The number of nitrogens with zero attached hydrogens (tertiary/aromatic N) is 1. The second-order valence-electron chi connectivity index (χ2n) is 2.93. The zero-order chi connectivity index (χ0) is 9.26. The quantitative estimate of drug-likeness (QED) is 0.685. The molecule has 0 bridgehead atoms. The van der Waals surface area contributed by atoms with Gasteiger partial charge in [0.05, 0.1) is 6.07 Å². The Balaban J connectivity index is 2.55. The van der Waals surface area contributed by atoms with Crippen molar-refractivity contribution >= 4 is 10.9 Å². The van der Waals surface area contributed by atoms with E-state index < -0.39 is 6.04 Å². The van der Waals surface area contributed by atoms with E-state index in [1.165, 1.54) is 0 Å². The molecule has 0 aliphatic rings. The molecule has 1 unspecified atom stereocenters. The third kappa shape index (κ3) is 1.28. The van der Waals surface area contributed by atoms with Crippen molar-refractivity contribution in [2.24, 2.45) is 5.73 Å². The Morgan fingerprint density at radius 1 is 1.38 bits per heavy atom. The van der Waals surface area contributed by atoms with Crippen LogP contribution in [0.1, 0.15) is 11.6 Å². The fourth-order valence-electron chi connectivity index (χ4n) is 1.34. The van der Waals surface area contributed by atoms with Crippen molar-refractivity contribution in [3.05, 3.63) is 36.0 Å². The van der Waals surface area contributed by atoms with Crippen LogP contribution >= 0.6 is 0 Å². The van der Waals surface area contributed by atoms with Crippen LogP contribution in [-0.2, 0) is 0 Å². The molecular weight excluding hydrogens is 162 g/mol. The van der Waals surface area contributed by atoms with Gasteiger partial charge in [-0.1, -0.05) is 6.07 Å². The molecule has 1 heterocycles. The molecule has 1 atom stereocenters. The molecule has 0 amide bonds. The summed E-state index contributed by atoms with van der Waals surface area (Å²) >= 11 is 0. The highest BCUT2D eigenvalue weighted by atomic mass is 14.7. The Kier molecular flexibility index (Phi) is 1.76. The predicted molar refractivity (Wildman–Crippen MR) is 50.8 cm³/mol. The molecular formula is C10H9N3. The summed E-state index contributed by atoms with van der Waals surface area (Å²) in [5.74, 6) is 0. The van der Waals surface area contributed by atoms with Crippen molar-refractivity contribution in [1.82, 2.24) is 4.98 Å². The lowest BCUT2D eigenvalue weighted by Gasteiger charge is -2.01. The Hall–Kier alpha value is -1.79. The summed E-state index contributed by atoms with van der Waals surface area (Å²) in [4.78, 5) is 3.08. The first kappa shape index (κ1) is 7.84. The molecule has 1 aromatic heterocycles. The van der Waals surface area contributed by atoms with E-state index in [0.29, 0.717) is 0 Å². The molecule has 0 fully saturated rings. The summed E-state index contributed by atoms with van der Waals surface area (Å²) in [6.45, 7) is 0. The number of rotatable bonds is 1. The summed E-state index contributed by atoms with van der Waals surface area (Å²) in [7, 11) is 0. The van der Waals surface area contributed by atoms with Crippen LogP contribution in [0, 0.1) is 11.3 Å². The van der Waals surface area contributed by atoms with E-state index in [9.17, 15) is 0 Å². The minimum Gasteiger partial charge on any atom is -0.361 e. The van der Waals surface area contributed by atoms with Crippen LogP contribution in [0.2, 0.25) is 0 Å². The summed E-state index contributed by atoms with van der Waals surface area (Å²) in [6, 6.07) is 9.17. The number of aromatic nitrogens is 1. The van der Waals surface area contributed by atoms with E-state index >= 15 is 0 Å².